The van der Waals surface area contributed by atoms with Crippen molar-refractivity contribution in [2.75, 3.05) is 26.2 Å². The van der Waals surface area contributed by atoms with Gasteiger partial charge in [0.25, 0.3) is 0 Å². The highest BCUT2D eigenvalue weighted by Gasteiger charge is 2.41. The summed E-state index contributed by atoms with van der Waals surface area (Å²) in [4.78, 5) is 8.62. The molecule has 2 aliphatic heterocycles. The summed E-state index contributed by atoms with van der Waals surface area (Å²) in [5.74, 6) is 1.55. The van der Waals surface area contributed by atoms with Crippen molar-refractivity contribution >= 4 is 0 Å². The van der Waals surface area contributed by atoms with E-state index in [0.717, 1.165) is 31.5 Å². The Morgan fingerprint density at radius 3 is 2.10 bits per heavy atom. The van der Waals surface area contributed by atoms with E-state index in [1.807, 2.05) is 0 Å². The Labute approximate surface area is 128 Å². The highest BCUT2D eigenvalue weighted by molar-refractivity contribution is 5.21. The van der Waals surface area contributed by atoms with Crippen LogP contribution in [0.3, 0.4) is 0 Å². The summed E-state index contributed by atoms with van der Waals surface area (Å²) < 4.78 is 0. The summed E-state index contributed by atoms with van der Waals surface area (Å²) >= 11 is 0. The molecule has 0 aliphatic carbocycles. The lowest BCUT2D eigenvalue weighted by atomic mass is 10.0. The van der Waals surface area contributed by atoms with Gasteiger partial charge in [-0.3, -0.25) is 9.74 Å². The van der Waals surface area contributed by atoms with Gasteiger partial charge in [-0.2, -0.15) is 5.06 Å². The lowest BCUT2D eigenvalue weighted by Gasteiger charge is -2.28. The quantitative estimate of drug-likeness (QED) is 0.850. The minimum absolute atomic E-state index is 0.0692. The molecule has 0 aromatic heterocycles. The normalized spacial score (nSPS) is 27.2. The Morgan fingerprint density at radius 2 is 1.57 bits per heavy atom. The third-order valence-electron chi connectivity index (χ3n) is 4.46. The topological polar surface area (TPSA) is 15.7 Å². The van der Waals surface area contributed by atoms with Crippen LogP contribution < -0.4 is 0 Å². The number of fused-ring (bicyclic) bond motifs is 1. The van der Waals surface area contributed by atoms with Crippen molar-refractivity contribution in [1.29, 1.82) is 0 Å². The summed E-state index contributed by atoms with van der Waals surface area (Å²) in [6.45, 7) is 14.2. The van der Waals surface area contributed by atoms with Crippen molar-refractivity contribution in [2.24, 2.45) is 11.8 Å². The van der Waals surface area contributed by atoms with Crippen LogP contribution in [0.4, 0.5) is 0 Å². The van der Waals surface area contributed by atoms with E-state index in [9.17, 15) is 0 Å². The second kappa shape index (κ2) is 5.71. The van der Waals surface area contributed by atoms with Crippen molar-refractivity contribution in [3.63, 3.8) is 0 Å². The first kappa shape index (κ1) is 15.0. The van der Waals surface area contributed by atoms with Crippen LogP contribution in [-0.4, -0.2) is 41.7 Å². The number of nitrogens with zero attached hydrogens (tertiary/aromatic N) is 2. The largest absolute Gasteiger partial charge is 0.298 e. The van der Waals surface area contributed by atoms with E-state index in [0.29, 0.717) is 0 Å². The van der Waals surface area contributed by atoms with Crippen LogP contribution in [0.5, 0.6) is 0 Å². The highest BCUT2D eigenvalue weighted by atomic mass is 16.7. The Kier molecular flexibility index (Phi) is 4.08. The number of likely N-dealkylation sites (tertiary alicyclic amines) is 1. The minimum atomic E-state index is -0.0692. The summed E-state index contributed by atoms with van der Waals surface area (Å²) in [6.07, 6.45) is 0. The maximum atomic E-state index is 6.02. The third kappa shape index (κ3) is 3.85. The van der Waals surface area contributed by atoms with Gasteiger partial charge in [-0.1, -0.05) is 29.8 Å². The predicted molar refractivity (Wildman–Crippen MR) is 85.8 cm³/mol. The lowest BCUT2D eigenvalue weighted by Crippen LogP contribution is -2.35. The fourth-order valence-electron chi connectivity index (χ4n) is 3.59. The second-order valence-electron chi connectivity index (χ2n) is 7.75. The predicted octanol–water partition coefficient (Wildman–Crippen LogP) is 3.09. The van der Waals surface area contributed by atoms with Crippen molar-refractivity contribution in [2.45, 2.75) is 39.8 Å². The molecule has 0 saturated carbocycles. The molecule has 21 heavy (non-hydrogen) atoms. The minimum Gasteiger partial charge on any atom is -0.298 e. The zero-order valence-electron chi connectivity index (χ0n) is 13.8. The average molecular weight is 288 g/mol. The molecule has 2 saturated heterocycles. The van der Waals surface area contributed by atoms with E-state index >= 15 is 0 Å². The Hall–Kier alpha value is -0.900. The molecule has 0 N–H and O–H groups in total. The molecule has 1 aromatic rings. The number of hydroxylamine groups is 2. The number of hydrogen-bond acceptors (Lipinski definition) is 3. The SMILES string of the molecule is Cc1ccc(CN2CC3CN(OC(C)(C)C)CC3C2)cc1. The molecule has 116 valence electrons. The van der Waals surface area contributed by atoms with Gasteiger partial charge in [-0.15, -0.1) is 0 Å². The molecular weight excluding hydrogens is 260 g/mol. The van der Waals surface area contributed by atoms with E-state index in [4.69, 9.17) is 4.84 Å². The van der Waals surface area contributed by atoms with Gasteiger partial charge in [0.15, 0.2) is 0 Å². The maximum absolute atomic E-state index is 6.02. The maximum Gasteiger partial charge on any atom is 0.0815 e. The molecular formula is C18H28N2O. The van der Waals surface area contributed by atoms with Crippen LogP contribution in [0.15, 0.2) is 24.3 Å². The summed E-state index contributed by atoms with van der Waals surface area (Å²) in [5, 5.41) is 2.19. The van der Waals surface area contributed by atoms with Crippen LogP contribution in [-0.2, 0) is 11.4 Å². The fraction of sp³-hybridized carbons (Fsp3) is 0.667. The molecule has 1 aromatic carbocycles. The van der Waals surface area contributed by atoms with Gasteiger partial charge in [0, 0.05) is 32.7 Å². The van der Waals surface area contributed by atoms with Crippen LogP contribution in [0.25, 0.3) is 0 Å². The number of aryl methyl sites for hydroxylation is 1. The van der Waals surface area contributed by atoms with Gasteiger partial charge in [0.1, 0.15) is 0 Å². The monoisotopic (exact) mass is 288 g/mol. The van der Waals surface area contributed by atoms with Gasteiger partial charge >= 0.3 is 0 Å². The summed E-state index contributed by atoms with van der Waals surface area (Å²) in [7, 11) is 0. The van der Waals surface area contributed by atoms with Crippen molar-refractivity contribution in [3.05, 3.63) is 35.4 Å². The first-order valence-corrected chi connectivity index (χ1v) is 8.11. The van der Waals surface area contributed by atoms with E-state index < -0.39 is 0 Å². The van der Waals surface area contributed by atoms with Gasteiger partial charge in [-0.05, 0) is 45.1 Å². The molecule has 2 fully saturated rings. The number of hydrogen-bond donors (Lipinski definition) is 0. The molecule has 0 spiro atoms. The molecule has 0 amide bonds. The van der Waals surface area contributed by atoms with Crippen LogP contribution >= 0.6 is 0 Å². The zero-order valence-corrected chi connectivity index (χ0v) is 13.8. The first-order chi connectivity index (χ1) is 9.89. The van der Waals surface area contributed by atoms with Crippen molar-refractivity contribution < 1.29 is 4.84 Å². The average Bonchev–Trinajstić information content (AvgIpc) is 2.87. The van der Waals surface area contributed by atoms with Crippen molar-refractivity contribution in [3.8, 4) is 0 Å². The van der Waals surface area contributed by atoms with Gasteiger partial charge in [0.05, 0.1) is 5.60 Å². The van der Waals surface area contributed by atoms with E-state index in [1.165, 1.54) is 24.2 Å². The molecule has 2 aliphatic rings. The molecule has 2 atom stereocenters. The van der Waals surface area contributed by atoms with Crippen molar-refractivity contribution in [1.82, 2.24) is 9.96 Å². The molecule has 3 heteroatoms. The highest BCUT2D eigenvalue weighted by Crippen LogP contribution is 2.33. The van der Waals surface area contributed by atoms with E-state index in [-0.39, 0.29) is 5.60 Å². The smallest absolute Gasteiger partial charge is 0.0815 e. The van der Waals surface area contributed by atoms with Gasteiger partial charge in [0.2, 0.25) is 0 Å². The van der Waals surface area contributed by atoms with Gasteiger partial charge < -0.3 is 0 Å². The van der Waals surface area contributed by atoms with Crippen LogP contribution in [0.1, 0.15) is 31.9 Å². The third-order valence-corrected chi connectivity index (χ3v) is 4.46. The second-order valence-corrected chi connectivity index (χ2v) is 7.75. The molecule has 3 rings (SSSR count). The van der Waals surface area contributed by atoms with Gasteiger partial charge in [-0.25, -0.2) is 0 Å². The number of benzene rings is 1. The lowest BCUT2D eigenvalue weighted by molar-refractivity contribution is -0.220. The van der Waals surface area contributed by atoms with Crippen LogP contribution in [0.2, 0.25) is 0 Å². The Morgan fingerprint density at radius 1 is 1.00 bits per heavy atom. The molecule has 3 nitrogen and oxygen atoms in total. The molecule has 2 heterocycles. The Balaban J connectivity index is 1.51. The molecule has 0 bridgehead atoms. The number of rotatable bonds is 3. The van der Waals surface area contributed by atoms with Crippen LogP contribution in [0, 0.1) is 18.8 Å². The first-order valence-electron chi connectivity index (χ1n) is 8.11. The molecule has 2 unspecified atom stereocenters. The molecule has 0 radical (unpaired) electrons. The van der Waals surface area contributed by atoms with E-state index in [1.54, 1.807) is 0 Å². The standard InChI is InChI=1S/C18H28N2O/c1-14-5-7-15(8-6-14)9-19-10-16-12-20(13-17(16)11-19)21-18(2,3)4/h5-8,16-17H,9-13H2,1-4H3. The summed E-state index contributed by atoms with van der Waals surface area (Å²) in [5.41, 5.74) is 2.70. The zero-order chi connectivity index (χ0) is 15.0. The summed E-state index contributed by atoms with van der Waals surface area (Å²) in [6, 6.07) is 8.95. The fourth-order valence-corrected chi connectivity index (χ4v) is 3.59. The Bertz CT molecular complexity index is 463. The van der Waals surface area contributed by atoms with E-state index in [2.05, 4.69) is 61.9 Å².